The van der Waals surface area contributed by atoms with Gasteiger partial charge >= 0.3 is 0 Å². The van der Waals surface area contributed by atoms with Gasteiger partial charge in [0.25, 0.3) is 0 Å². The van der Waals surface area contributed by atoms with E-state index in [1.165, 1.54) is 31.6 Å². The lowest BCUT2D eigenvalue weighted by molar-refractivity contribution is 0.413. The highest BCUT2D eigenvalue weighted by molar-refractivity contribution is 8.26. The quantitative estimate of drug-likeness (QED) is 0.410. The number of rotatable bonds is 4. The molecule has 0 saturated heterocycles. The maximum Gasteiger partial charge on any atom is 0.218 e. The van der Waals surface area contributed by atoms with Crippen LogP contribution in [0.4, 0.5) is 20.3 Å². The number of aromatic nitrogens is 3. The molecular weight excluding hydrogens is 454 g/mol. The van der Waals surface area contributed by atoms with Crippen molar-refractivity contribution in [3.63, 3.8) is 0 Å². The number of fused-ring (bicyclic) bond motifs is 1. The van der Waals surface area contributed by atoms with Crippen LogP contribution in [-0.2, 0) is 5.54 Å². The summed E-state index contributed by atoms with van der Waals surface area (Å²) in [6.07, 6.45) is 3.70. The van der Waals surface area contributed by atoms with Crippen molar-refractivity contribution in [2.45, 2.75) is 31.1 Å². The number of pyridine rings is 3. The monoisotopic (exact) mass is 478 g/mol. The average molecular weight is 479 g/mol. The fourth-order valence-corrected chi connectivity index (χ4v) is 5.36. The molecule has 1 atom stereocenters. The lowest BCUT2D eigenvalue weighted by Gasteiger charge is -2.53. The molecule has 3 aromatic rings. The Labute approximate surface area is 190 Å². The summed E-state index contributed by atoms with van der Waals surface area (Å²) in [6.45, 7) is 4.73. The molecule has 5 N–H and O–H groups in total. The minimum atomic E-state index is -3.24. The summed E-state index contributed by atoms with van der Waals surface area (Å²) >= 11 is 0. The molecule has 3 aromatic heterocycles. The van der Waals surface area contributed by atoms with Crippen molar-refractivity contribution in [2.75, 3.05) is 18.2 Å². The lowest BCUT2D eigenvalue weighted by Crippen LogP contribution is -2.52. The number of nitrogens with zero attached hydrogens (tertiary/aromatic N) is 4. The Hall–Kier alpha value is -3.09. The van der Waals surface area contributed by atoms with Gasteiger partial charge in [0.2, 0.25) is 5.95 Å². The zero-order chi connectivity index (χ0) is 24.2. The number of hydrogen-bond acceptors (Lipinski definition) is 9. The fraction of sp³-hybridized carbons (Fsp3) is 0.333. The molecule has 0 fully saturated rings. The highest BCUT2D eigenvalue weighted by Crippen LogP contribution is 2.59. The highest BCUT2D eigenvalue weighted by atomic mass is 32.3. The molecule has 4 heterocycles. The van der Waals surface area contributed by atoms with Crippen LogP contribution in [0, 0.1) is 11.8 Å². The van der Waals surface area contributed by atoms with Crippen LogP contribution in [0.3, 0.4) is 0 Å². The van der Waals surface area contributed by atoms with Gasteiger partial charge in [-0.15, -0.1) is 0 Å². The van der Waals surface area contributed by atoms with E-state index in [1.807, 2.05) is 0 Å². The van der Waals surface area contributed by atoms with E-state index in [4.69, 9.17) is 10.5 Å². The molecule has 12 heteroatoms. The van der Waals surface area contributed by atoms with E-state index in [0.29, 0.717) is 11.4 Å². The first-order valence-electron chi connectivity index (χ1n) is 9.90. The summed E-state index contributed by atoms with van der Waals surface area (Å²) < 4.78 is 54.5. The second-order valence-electron chi connectivity index (χ2n) is 8.51. The summed E-state index contributed by atoms with van der Waals surface area (Å²) in [7, 11) is -1.79. The van der Waals surface area contributed by atoms with Crippen LogP contribution in [0.2, 0.25) is 0 Å². The van der Waals surface area contributed by atoms with Gasteiger partial charge in [-0.05, 0) is 32.9 Å². The van der Waals surface area contributed by atoms with Gasteiger partial charge in [0.1, 0.15) is 27.4 Å². The number of halogens is 2. The minimum absolute atomic E-state index is 0.0124. The zero-order valence-corrected chi connectivity index (χ0v) is 19.2. The number of methoxy groups -OCH3 is 1. The van der Waals surface area contributed by atoms with Gasteiger partial charge in [-0.25, -0.2) is 19.3 Å². The largest absolute Gasteiger partial charge is 0.495 e. The maximum atomic E-state index is 14.8. The van der Waals surface area contributed by atoms with Gasteiger partial charge in [-0.3, -0.25) is 14.1 Å². The van der Waals surface area contributed by atoms with Gasteiger partial charge in [0.15, 0.2) is 11.6 Å². The summed E-state index contributed by atoms with van der Waals surface area (Å²) in [5, 5.41) is 3.17. The summed E-state index contributed by atoms with van der Waals surface area (Å²) in [4.78, 5) is 16.5. The van der Waals surface area contributed by atoms with E-state index in [2.05, 4.69) is 25.3 Å². The van der Waals surface area contributed by atoms with Crippen LogP contribution in [0.25, 0.3) is 10.9 Å². The Morgan fingerprint density at radius 1 is 1.09 bits per heavy atom. The van der Waals surface area contributed by atoms with E-state index >= 15 is 0 Å². The predicted octanol–water partition coefficient (Wildman–Crippen LogP) is 4.17. The molecule has 4 rings (SSSR count). The molecule has 33 heavy (non-hydrogen) atoms. The zero-order valence-electron chi connectivity index (χ0n) is 18.4. The van der Waals surface area contributed by atoms with Crippen LogP contribution < -0.4 is 15.8 Å². The first-order chi connectivity index (χ1) is 15.4. The first-order valence-corrected chi connectivity index (χ1v) is 11.6. The van der Waals surface area contributed by atoms with E-state index in [0.717, 1.165) is 6.20 Å². The molecule has 0 amide bonds. The first kappa shape index (κ1) is 23.1. The van der Waals surface area contributed by atoms with Gasteiger partial charge < -0.3 is 15.8 Å². The second-order valence-corrected chi connectivity index (χ2v) is 11.1. The Balaban J connectivity index is 1.77. The Morgan fingerprint density at radius 2 is 1.82 bits per heavy atom. The minimum Gasteiger partial charge on any atom is -0.495 e. The summed E-state index contributed by atoms with van der Waals surface area (Å²) in [5.74, 6) is -1.02. The Kier molecular flexibility index (Phi) is 5.42. The molecule has 0 aromatic carbocycles. The topological polar surface area (TPSA) is 139 Å². The van der Waals surface area contributed by atoms with Crippen molar-refractivity contribution in [3.05, 3.63) is 48.1 Å². The van der Waals surface area contributed by atoms with E-state index in [-0.39, 0.29) is 33.9 Å². The van der Waals surface area contributed by atoms with Crippen LogP contribution in [-0.4, -0.2) is 47.5 Å². The number of amidine groups is 1. The van der Waals surface area contributed by atoms with E-state index in [9.17, 15) is 17.9 Å². The number of anilines is 2. The molecular formula is C21H24F2N6O3S. The van der Waals surface area contributed by atoms with Crippen molar-refractivity contribution < 1.29 is 22.6 Å². The number of aliphatic imine (C=N–C) groups is 1. The molecule has 1 aliphatic heterocycles. The van der Waals surface area contributed by atoms with E-state index in [1.54, 1.807) is 20.8 Å². The molecule has 176 valence electrons. The summed E-state index contributed by atoms with van der Waals surface area (Å²) in [5.41, 5.74) is 5.26. The smallest absolute Gasteiger partial charge is 0.218 e. The molecule has 0 bridgehead atoms. The average Bonchev–Trinajstić information content (AvgIpc) is 2.75. The highest BCUT2D eigenvalue weighted by Gasteiger charge is 2.49. The maximum absolute atomic E-state index is 14.8. The molecule has 0 saturated carbocycles. The molecule has 1 aliphatic rings. The lowest BCUT2D eigenvalue weighted by atomic mass is 9.94. The predicted molar refractivity (Wildman–Crippen MR) is 124 cm³/mol. The third-order valence-electron chi connectivity index (χ3n) is 5.85. The van der Waals surface area contributed by atoms with Crippen LogP contribution in [0.1, 0.15) is 26.3 Å². The third-order valence-corrected chi connectivity index (χ3v) is 8.66. The normalized spacial score (nSPS) is 22.5. The SMILES string of the molecule is COc1cnc2c(Nc3cnc(F)c([C@]4(C)CS(O)(O)C(C)(C)C(N)=N4)c3)ncc(F)c2c1. The van der Waals surface area contributed by atoms with Gasteiger partial charge in [0.05, 0.1) is 37.1 Å². The fourth-order valence-electron chi connectivity index (χ4n) is 3.61. The van der Waals surface area contributed by atoms with Crippen LogP contribution >= 0.6 is 10.6 Å². The molecule has 0 unspecified atom stereocenters. The summed E-state index contributed by atoms with van der Waals surface area (Å²) in [6, 6.07) is 2.93. The number of nitrogens with two attached hydrogens (primary N) is 1. The van der Waals surface area contributed by atoms with Gasteiger partial charge in [-0.1, -0.05) is 0 Å². The second kappa shape index (κ2) is 7.75. The van der Waals surface area contributed by atoms with Crippen molar-refractivity contribution in [3.8, 4) is 5.75 Å². The number of ether oxygens (including phenoxy) is 1. The third kappa shape index (κ3) is 3.83. The van der Waals surface area contributed by atoms with E-state index < -0.39 is 32.6 Å². The Morgan fingerprint density at radius 3 is 2.48 bits per heavy atom. The molecule has 0 spiro atoms. The van der Waals surface area contributed by atoms with Gasteiger partial charge in [-0.2, -0.15) is 15.0 Å². The van der Waals surface area contributed by atoms with Crippen LogP contribution in [0.5, 0.6) is 5.75 Å². The Bertz CT molecular complexity index is 1290. The van der Waals surface area contributed by atoms with Crippen molar-refractivity contribution in [1.82, 2.24) is 15.0 Å². The van der Waals surface area contributed by atoms with Crippen molar-refractivity contribution >= 4 is 38.8 Å². The van der Waals surface area contributed by atoms with Crippen molar-refractivity contribution in [1.29, 1.82) is 0 Å². The van der Waals surface area contributed by atoms with Crippen molar-refractivity contribution in [2.24, 2.45) is 10.7 Å². The molecule has 0 radical (unpaired) electrons. The number of hydrogen-bond donors (Lipinski definition) is 4. The number of nitrogens with one attached hydrogen (secondary N) is 1. The van der Waals surface area contributed by atoms with Crippen LogP contribution in [0.15, 0.2) is 35.7 Å². The van der Waals surface area contributed by atoms with Gasteiger partial charge in [0, 0.05) is 10.9 Å². The molecule has 0 aliphatic carbocycles. The molecule has 9 nitrogen and oxygen atoms in total. The standard InChI is InChI=1S/C21H24F2N6O3S/c1-20(2)19(24)29-21(3,10-33(20,30)31)14-5-11(7-26-17(14)23)28-18-16-13(15(22)9-27-18)6-12(32-4)8-25-16/h5-9,30-31H,10H2,1-4H3,(H2,24,29)(H,27,28)/t21-/m0/s1.